The van der Waals surface area contributed by atoms with Gasteiger partial charge in [-0.15, -0.1) is 0 Å². The molecule has 11 heteroatoms. The molecule has 0 aliphatic heterocycles. The van der Waals surface area contributed by atoms with Crippen molar-refractivity contribution in [1.29, 1.82) is 0 Å². The van der Waals surface area contributed by atoms with Crippen LogP contribution in [0.25, 0.3) is 0 Å². The van der Waals surface area contributed by atoms with Crippen molar-refractivity contribution >= 4 is 17.3 Å². The van der Waals surface area contributed by atoms with Gasteiger partial charge in [0, 0.05) is 6.07 Å². The number of carbonyl (C=O) groups excluding carboxylic acids is 1. The lowest BCUT2D eigenvalue weighted by Gasteiger charge is -2.11. The Balaban J connectivity index is 1.44. The van der Waals surface area contributed by atoms with Crippen molar-refractivity contribution in [3.05, 3.63) is 92.7 Å². The number of methoxy groups -OCH3 is 2. The lowest BCUT2D eigenvalue weighted by atomic mass is 10.2. The van der Waals surface area contributed by atoms with E-state index >= 15 is 0 Å². The topological polar surface area (TPSA) is 131 Å². The first-order chi connectivity index (χ1) is 18.2. The van der Waals surface area contributed by atoms with E-state index in [1.807, 2.05) is 32.0 Å². The van der Waals surface area contributed by atoms with Crippen LogP contribution in [-0.2, 0) is 13.2 Å². The number of nitrogens with one attached hydrogen (secondary N) is 1. The molecule has 0 fully saturated rings. The zero-order chi connectivity index (χ0) is 27.4. The number of nitrogens with zero attached hydrogens (tertiary/aromatic N) is 3. The summed E-state index contributed by atoms with van der Waals surface area (Å²) in [6.07, 6.45) is 0. The van der Waals surface area contributed by atoms with Crippen LogP contribution >= 0.6 is 0 Å². The average Bonchev–Trinajstić information content (AvgIpc) is 3.48. The summed E-state index contributed by atoms with van der Waals surface area (Å²) in [5.74, 6) is 1.36. The van der Waals surface area contributed by atoms with Crippen molar-refractivity contribution in [1.82, 2.24) is 9.78 Å². The molecule has 0 aliphatic rings. The Bertz CT molecular complexity index is 1490. The van der Waals surface area contributed by atoms with Gasteiger partial charge in [-0.25, -0.2) is 0 Å². The highest BCUT2D eigenvalue weighted by atomic mass is 16.6. The first-order valence-electron chi connectivity index (χ1n) is 11.7. The number of rotatable bonds is 10. The smallest absolute Gasteiger partial charge is 0.311 e. The molecular weight excluding hydrogens is 492 g/mol. The van der Waals surface area contributed by atoms with Gasteiger partial charge in [-0.05, 0) is 62.2 Å². The van der Waals surface area contributed by atoms with Crippen molar-refractivity contribution in [2.45, 2.75) is 33.9 Å². The number of hydrogen-bond acceptors (Lipinski definition) is 8. The molecular formula is C27H28N4O7. The molecule has 0 aliphatic carbocycles. The normalized spacial score (nSPS) is 10.8. The third-order valence-electron chi connectivity index (χ3n) is 5.97. The molecule has 0 spiro atoms. The first kappa shape index (κ1) is 26.3. The number of carbonyl (C=O) groups is 1. The number of amides is 1. The fourth-order valence-electron chi connectivity index (χ4n) is 3.98. The number of aryl methyl sites for hydroxylation is 2. The summed E-state index contributed by atoms with van der Waals surface area (Å²) < 4.78 is 23.7. The maximum atomic E-state index is 12.9. The summed E-state index contributed by atoms with van der Waals surface area (Å²) in [7, 11) is 3.16. The van der Waals surface area contributed by atoms with Crippen LogP contribution < -0.4 is 19.5 Å². The highest BCUT2D eigenvalue weighted by molar-refractivity contribution is 6.02. The maximum Gasteiger partial charge on any atom is 0.311 e. The van der Waals surface area contributed by atoms with Crippen LogP contribution in [0.15, 0.2) is 52.9 Å². The van der Waals surface area contributed by atoms with Gasteiger partial charge in [-0.1, -0.05) is 12.1 Å². The molecule has 2 aromatic heterocycles. The van der Waals surface area contributed by atoms with Gasteiger partial charge in [-0.3, -0.25) is 19.6 Å². The second-order valence-electron chi connectivity index (χ2n) is 8.63. The highest BCUT2D eigenvalue weighted by Crippen LogP contribution is 2.30. The molecule has 0 radical (unpaired) electrons. The Labute approximate surface area is 219 Å². The van der Waals surface area contributed by atoms with Gasteiger partial charge in [0.25, 0.3) is 5.91 Å². The van der Waals surface area contributed by atoms with Gasteiger partial charge >= 0.3 is 5.69 Å². The summed E-state index contributed by atoms with van der Waals surface area (Å²) in [5.41, 5.74) is 3.57. The van der Waals surface area contributed by atoms with Crippen molar-refractivity contribution in [2.24, 2.45) is 0 Å². The number of anilines is 1. The molecule has 0 saturated carbocycles. The zero-order valence-electron chi connectivity index (χ0n) is 21.7. The van der Waals surface area contributed by atoms with Crippen LogP contribution in [0, 0.1) is 30.9 Å². The van der Waals surface area contributed by atoms with Crippen LogP contribution in [0.2, 0.25) is 0 Å². The van der Waals surface area contributed by atoms with Gasteiger partial charge in [0.1, 0.15) is 12.4 Å². The lowest BCUT2D eigenvalue weighted by molar-refractivity contribution is -0.386. The summed E-state index contributed by atoms with van der Waals surface area (Å²) in [6, 6.07) is 13.4. The highest BCUT2D eigenvalue weighted by Gasteiger charge is 2.20. The van der Waals surface area contributed by atoms with Crippen molar-refractivity contribution in [2.75, 3.05) is 19.5 Å². The zero-order valence-corrected chi connectivity index (χ0v) is 21.7. The number of nitro groups is 1. The summed E-state index contributed by atoms with van der Waals surface area (Å²) in [4.78, 5) is 23.7. The standard InChI is InChI=1S/C27H28N4O7/c1-16-6-9-22(21(12-16)31(33)34)37-15-20-8-11-24(38-20)27(32)28-26-17(2)29-30(18(26)3)14-19-7-10-23(35-4)25(13-19)36-5/h6-13H,14-15H2,1-5H3,(H,28,32). The summed E-state index contributed by atoms with van der Waals surface area (Å²) in [6.45, 7) is 5.84. The van der Waals surface area contributed by atoms with E-state index in [0.29, 0.717) is 35.2 Å². The molecule has 0 unspecified atom stereocenters. The predicted molar refractivity (Wildman–Crippen MR) is 139 cm³/mol. The lowest BCUT2D eigenvalue weighted by Crippen LogP contribution is -2.12. The van der Waals surface area contributed by atoms with Gasteiger partial charge < -0.3 is 23.9 Å². The molecule has 11 nitrogen and oxygen atoms in total. The first-order valence-corrected chi connectivity index (χ1v) is 11.7. The van der Waals surface area contributed by atoms with Crippen LogP contribution in [0.1, 0.15) is 38.8 Å². The summed E-state index contributed by atoms with van der Waals surface area (Å²) >= 11 is 0. The van der Waals surface area contributed by atoms with Gasteiger partial charge in [0.2, 0.25) is 0 Å². The molecule has 1 amide bonds. The summed E-state index contributed by atoms with van der Waals surface area (Å²) in [5, 5.41) is 18.7. The molecule has 198 valence electrons. The molecule has 0 saturated heterocycles. The fourth-order valence-corrected chi connectivity index (χ4v) is 3.98. The molecule has 2 heterocycles. The minimum absolute atomic E-state index is 0.0709. The Hall–Kier alpha value is -4.80. The Morgan fingerprint density at radius 3 is 2.47 bits per heavy atom. The van der Waals surface area contributed by atoms with Crippen LogP contribution in [0.5, 0.6) is 17.2 Å². The predicted octanol–water partition coefficient (Wildman–Crippen LogP) is 5.21. The molecule has 38 heavy (non-hydrogen) atoms. The monoisotopic (exact) mass is 520 g/mol. The van der Waals surface area contributed by atoms with E-state index in [-0.39, 0.29) is 23.8 Å². The van der Waals surface area contributed by atoms with E-state index in [1.165, 1.54) is 18.2 Å². The Morgan fingerprint density at radius 1 is 1.03 bits per heavy atom. The fraction of sp³-hybridized carbons (Fsp3) is 0.259. The molecule has 4 rings (SSSR count). The number of ether oxygens (including phenoxy) is 3. The van der Waals surface area contributed by atoms with Crippen LogP contribution in [-0.4, -0.2) is 34.8 Å². The number of hydrogen-bond donors (Lipinski definition) is 1. The number of aromatic nitrogens is 2. The van der Waals surface area contributed by atoms with Crippen molar-refractivity contribution < 1.29 is 28.3 Å². The minimum atomic E-state index is -0.501. The molecule has 4 aromatic rings. The van der Waals surface area contributed by atoms with E-state index in [0.717, 1.165) is 16.8 Å². The van der Waals surface area contributed by atoms with Gasteiger partial charge in [0.15, 0.2) is 23.0 Å². The average molecular weight is 521 g/mol. The second-order valence-corrected chi connectivity index (χ2v) is 8.63. The van der Waals surface area contributed by atoms with Crippen molar-refractivity contribution in [3.8, 4) is 17.2 Å². The molecule has 0 bridgehead atoms. The van der Waals surface area contributed by atoms with Crippen molar-refractivity contribution in [3.63, 3.8) is 0 Å². The quantitative estimate of drug-likeness (QED) is 0.223. The van der Waals surface area contributed by atoms with E-state index in [9.17, 15) is 14.9 Å². The maximum absolute atomic E-state index is 12.9. The molecule has 2 aromatic carbocycles. The largest absolute Gasteiger partial charge is 0.493 e. The third-order valence-corrected chi connectivity index (χ3v) is 5.97. The number of furan rings is 1. The van der Waals surface area contributed by atoms with E-state index in [2.05, 4.69) is 10.4 Å². The van der Waals surface area contributed by atoms with Crippen LogP contribution in [0.3, 0.4) is 0 Å². The Kier molecular flexibility index (Phi) is 7.66. The number of nitro benzene ring substituents is 1. The molecule has 0 atom stereocenters. The third kappa shape index (κ3) is 5.61. The van der Waals surface area contributed by atoms with Gasteiger partial charge in [0.05, 0.1) is 42.8 Å². The molecule has 1 N–H and O–H groups in total. The van der Waals surface area contributed by atoms with E-state index in [1.54, 1.807) is 38.0 Å². The second kappa shape index (κ2) is 11.1. The Morgan fingerprint density at radius 2 is 1.76 bits per heavy atom. The van der Waals surface area contributed by atoms with E-state index in [4.69, 9.17) is 18.6 Å². The van der Waals surface area contributed by atoms with E-state index < -0.39 is 10.8 Å². The van der Waals surface area contributed by atoms with Gasteiger partial charge in [-0.2, -0.15) is 5.10 Å². The number of benzene rings is 2. The van der Waals surface area contributed by atoms with Crippen LogP contribution in [0.4, 0.5) is 11.4 Å². The SMILES string of the molecule is COc1ccc(Cn2nc(C)c(NC(=O)c3ccc(COc4ccc(C)cc4[N+](=O)[O-])o3)c2C)cc1OC. The minimum Gasteiger partial charge on any atom is -0.493 e.